The van der Waals surface area contributed by atoms with E-state index in [-0.39, 0.29) is 18.6 Å². The van der Waals surface area contributed by atoms with Gasteiger partial charge in [0.1, 0.15) is 11.5 Å². The molecule has 1 N–H and O–H groups in total. The van der Waals surface area contributed by atoms with Crippen molar-refractivity contribution in [1.82, 2.24) is 5.32 Å². The summed E-state index contributed by atoms with van der Waals surface area (Å²) < 4.78 is 10.8. The smallest absolute Gasteiger partial charge is 0.258 e. The number of rotatable bonds is 7. The van der Waals surface area contributed by atoms with Gasteiger partial charge in [-0.05, 0) is 43.7 Å². The summed E-state index contributed by atoms with van der Waals surface area (Å²) in [6, 6.07) is 17.0. The molecule has 0 aliphatic carbocycles. The van der Waals surface area contributed by atoms with E-state index in [4.69, 9.17) is 9.47 Å². The molecule has 0 bridgehead atoms. The maximum Gasteiger partial charge on any atom is 0.258 e. The van der Waals surface area contributed by atoms with Gasteiger partial charge in [-0.25, -0.2) is 0 Å². The van der Waals surface area contributed by atoms with Gasteiger partial charge in [-0.1, -0.05) is 30.3 Å². The highest BCUT2D eigenvalue weighted by molar-refractivity contribution is 5.78. The first-order chi connectivity index (χ1) is 10.7. The monoisotopic (exact) mass is 299 g/mol. The lowest BCUT2D eigenvalue weighted by Crippen LogP contribution is -2.31. The molecule has 0 saturated carbocycles. The third-order valence-electron chi connectivity index (χ3n) is 3.18. The summed E-state index contributed by atoms with van der Waals surface area (Å²) in [6.07, 6.45) is 0. The van der Waals surface area contributed by atoms with E-state index >= 15 is 0 Å². The molecule has 2 aromatic carbocycles. The van der Waals surface area contributed by atoms with E-state index in [2.05, 4.69) is 5.32 Å². The number of hydrogen-bond donors (Lipinski definition) is 1. The van der Waals surface area contributed by atoms with Crippen molar-refractivity contribution in [3.8, 4) is 11.5 Å². The van der Waals surface area contributed by atoms with Crippen LogP contribution in [0.3, 0.4) is 0 Å². The molecule has 0 spiro atoms. The minimum Gasteiger partial charge on any atom is -0.494 e. The quantitative estimate of drug-likeness (QED) is 0.853. The minimum atomic E-state index is -0.148. The van der Waals surface area contributed by atoms with Crippen LogP contribution in [0.4, 0.5) is 0 Å². The summed E-state index contributed by atoms with van der Waals surface area (Å²) in [7, 11) is 0. The number of nitrogens with one attached hydrogen (secondary N) is 1. The van der Waals surface area contributed by atoms with Gasteiger partial charge in [-0.3, -0.25) is 4.79 Å². The highest BCUT2D eigenvalue weighted by Crippen LogP contribution is 2.17. The predicted molar refractivity (Wildman–Crippen MR) is 86.1 cm³/mol. The van der Waals surface area contributed by atoms with Crippen LogP contribution in [0.5, 0.6) is 11.5 Å². The summed E-state index contributed by atoms with van der Waals surface area (Å²) in [4.78, 5) is 11.9. The number of hydrogen-bond acceptors (Lipinski definition) is 3. The second-order valence-corrected chi connectivity index (χ2v) is 4.89. The van der Waals surface area contributed by atoms with E-state index < -0.39 is 0 Å². The molecule has 116 valence electrons. The van der Waals surface area contributed by atoms with Gasteiger partial charge in [0, 0.05) is 0 Å². The molecule has 2 aromatic rings. The largest absolute Gasteiger partial charge is 0.494 e. The fourth-order valence-corrected chi connectivity index (χ4v) is 2.06. The number of benzene rings is 2. The standard InChI is InChI=1S/C18H21NO3/c1-3-21-16-9-11-17(12-10-16)22-13-18(20)19-14(2)15-7-5-4-6-8-15/h4-12,14H,3,13H2,1-2H3,(H,19,20)/t14-/m0/s1. The van der Waals surface area contributed by atoms with Crippen LogP contribution in [0.2, 0.25) is 0 Å². The van der Waals surface area contributed by atoms with Crippen molar-refractivity contribution in [1.29, 1.82) is 0 Å². The second kappa shape index (κ2) is 8.08. The summed E-state index contributed by atoms with van der Waals surface area (Å²) in [5.74, 6) is 1.29. The molecule has 0 saturated heterocycles. The molecule has 0 fully saturated rings. The summed E-state index contributed by atoms with van der Waals surface area (Å²) in [5, 5.41) is 2.91. The molecule has 0 aliphatic rings. The summed E-state index contributed by atoms with van der Waals surface area (Å²) in [6.45, 7) is 4.50. The van der Waals surface area contributed by atoms with Crippen LogP contribution in [-0.2, 0) is 4.79 Å². The Morgan fingerprint density at radius 2 is 1.59 bits per heavy atom. The fourth-order valence-electron chi connectivity index (χ4n) is 2.06. The lowest BCUT2D eigenvalue weighted by molar-refractivity contribution is -0.123. The van der Waals surface area contributed by atoms with Crippen molar-refractivity contribution >= 4 is 5.91 Å². The van der Waals surface area contributed by atoms with Gasteiger partial charge in [-0.15, -0.1) is 0 Å². The number of amides is 1. The van der Waals surface area contributed by atoms with Crippen molar-refractivity contribution in [3.05, 3.63) is 60.2 Å². The Hall–Kier alpha value is -2.49. The third-order valence-corrected chi connectivity index (χ3v) is 3.18. The van der Waals surface area contributed by atoms with Gasteiger partial charge in [-0.2, -0.15) is 0 Å². The van der Waals surface area contributed by atoms with Crippen LogP contribution in [0, 0.1) is 0 Å². The van der Waals surface area contributed by atoms with Crippen molar-refractivity contribution < 1.29 is 14.3 Å². The van der Waals surface area contributed by atoms with Crippen LogP contribution in [0.25, 0.3) is 0 Å². The molecule has 22 heavy (non-hydrogen) atoms. The van der Waals surface area contributed by atoms with Crippen molar-refractivity contribution in [2.24, 2.45) is 0 Å². The minimum absolute atomic E-state index is 0.00877. The molecule has 1 atom stereocenters. The molecule has 0 unspecified atom stereocenters. The molecule has 1 amide bonds. The zero-order valence-electron chi connectivity index (χ0n) is 12.9. The molecular formula is C18H21NO3. The number of ether oxygens (including phenoxy) is 2. The van der Waals surface area contributed by atoms with Gasteiger partial charge < -0.3 is 14.8 Å². The van der Waals surface area contributed by atoms with Gasteiger partial charge in [0.25, 0.3) is 5.91 Å². The second-order valence-electron chi connectivity index (χ2n) is 4.89. The van der Waals surface area contributed by atoms with Crippen LogP contribution in [0.15, 0.2) is 54.6 Å². The van der Waals surface area contributed by atoms with E-state index in [1.807, 2.05) is 56.3 Å². The van der Waals surface area contributed by atoms with Crippen molar-refractivity contribution in [2.45, 2.75) is 19.9 Å². The van der Waals surface area contributed by atoms with Crippen LogP contribution >= 0.6 is 0 Å². The molecule has 2 rings (SSSR count). The predicted octanol–water partition coefficient (Wildman–Crippen LogP) is 3.34. The van der Waals surface area contributed by atoms with Gasteiger partial charge in [0.15, 0.2) is 6.61 Å². The Bertz CT molecular complexity index is 581. The Kier molecular flexibility index (Phi) is 5.83. The molecular weight excluding hydrogens is 278 g/mol. The van der Waals surface area contributed by atoms with E-state index in [0.29, 0.717) is 12.4 Å². The highest BCUT2D eigenvalue weighted by Gasteiger charge is 2.09. The summed E-state index contributed by atoms with van der Waals surface area (Å²) in [5.41, 5.74) is 1.07. The third kappa shape index (κ3) is 4.81. The highest BCUT2D eigenvalue weighted by atomic mass is 16.5. The molecule has 0 heterocycles. The average Bonchev–Trinajstić information content (AvgIpc) is 2.55. The van der Waals surface area contributed by atoms with E-state index in [0.717, 1.165) is 11.3 Å². The first-order valence-electron chi connectivity index (χ1n) is 7.39. The van der Waals surface area contributed by atoms with Crippen molar-refractivity contribution in [2.75, 3.05) is 13.2 Å². The normalized spacial score (nSPS) is 11.5. The van der Waals surface area contributed by atoms with Crippen LogP contribution < -0.4 is 14.8 Å². The maximum atomic E-state index is 11.9. The SMILES string of the molecule is CCOc1ccc(OCC(=O)N[C@@H](C)c2ccccc2)cc1. The first-order valence-corrected chi connectivity index (χ1v) is 7.39. The summed E-state index contributed by atoms with van der Waals surface area (Å²) >= 11 is 0. The number of carbonyl (C=O) groups is 1. The average molecular weight is 299 g/mol. The Morgan fingerprint density at radius 1 is 1.00 bits per heavy atom. The molecule has 4 nitrogen and oxygen atoms in total. The molecule has 0 aromatic heterocycles. The van der Waals surface area contributed by atoms with Gasteiger partial charge >= 0.3 is 0 Å². The van der Waals surface area contributed by atoms with Gasteiger partial charge in [0.2, 0.25) is 0 Å². The zero-order valence-corrected chi connectivity index (χ0v) is 12.9. The van der Waals surface area contributed by atoms with Crippen molar-refractivity contribution in [3.63, 3.8) is 0 Å². The first kappa shape index (κ1) is 15.9. The lowest BCUT2D eigenvalue weighted by Gasteiger charge is -2.14. The Morgan fingerprint density at radius 3 is 2.18 bits per heavy atom. The topological polar surface area (TPSA) is 47.6 Å². The molecule has 0 radical (unpaired) electrons. The maximum absolute atomic E-state index is 11.9. The van der Waals surface area contributed by atoms with Crippen LogP contribution in [-0.4, -0.2) is 19.1 Å². The lowest BCUT2D eigenvalue weighted by atomic mass is 10.1. The fraction of sp³-hybridized carbons (Fsp3) is 0.278. The van der Waals surface area contributed by atoms with E-state index in [1.54, 1.807) is 12.1 Å². The zero-order chi connectivity index (χ0) is 15.8. The Balaban J connectivity index is 1.80. The molecule has 4 heteroatoms. The van der Waals surface area contributed by atoms with E-state index in [9.17, 15) is 4.79 Å². The van der Waals surface area contributed by atoms with E-state index in [1.165, 1.54) is 0 Å². The molecule has 0 aliphatic heterocycles. The van der Waals surface area contributed by atoms with Gasteiger partial charge in [0.05, 0.1) is 12.6 Å². The number of carbonyl (C=O) groups excluding carboxylic acids is 1. The Labute approximate surface area is 131 Å². The van der Waals surface area contributed by atoms with Crippen LogP contribution in [0.1, 0.15) is 25.5 Å².